The van der Waals surface area contributed by atoms with E-state index in [-0.39, 0.29) is 5.78 Å². The van der Waals surface area contributed by atoms with Crippen LogP contribution in [0.3, 0.4) is 0 Å². The third-order valence-electron chi connectivity index (χ3n) is 3.55. The highest BCUT2D eigenvalue weighted by Crippen LogP contribution is 2.35. The van der Waals surface area contributed by atoms with Crippen LogP contribution in [0.4, 0.5) is 0 Å². The molecule has 1 heterocycles. The van der Waals surface area contributed by atoms with Crippen LogP contribution in [0.2, 0.25) is 0 Å². The molecule has 2 N–H and O–H groups in total. The normalized spacial score (nSPS) is 11.2. The lowest BCUT2D eigenvalue weighted by Gasteiger charge is -2.05. The van der Waals surface area contributed by atoms with E-state index >= 15 is 0 Å². The summed E-state index contributed by atoms with van der Waals surface area (Å²) in [6, 6.07) is 15.6. The van der Waals surface area contributed by atoms with Crippen LogP contribution in [-0.2, 0) is 0 Å². The Labute approximate surface area is 139 Å². The molecule has 2 aromatic carbocycles. The SMILES string of the molecule is C[NH2+]C=CC(=O)c1sc2ccc(Oc3ccccc3)cc2c1C. The second kappa shape index (κ2) is 6.77. The third-order valence-corrected chi connectivity index (χ3v) is 4.84. The van der Waals surface area contributed by atoms with Crippen molar-refractivity contribution in [2.75, 3.05) is 7.05 Å². The maximum atomic E-state index is 12.2. The van der Waals surface area contributed by atoms with Gasteiger partial charge in [0.1, 0.15) is 11.5 Å². The van der Waals surface area contributed by atoms with E-state index in [0.717, 1.165) is 32.0 Å². The Morgan fingerprint density at radius 1 is 1.13 bits per heavy atom. The Bertz CT molecular complexity index is 866. The standard InChI is InChI=1S/C19H17NO2S/c1-13-16-12-15(22-14-6-4-3-5-7-14)8-9-18(16)23-19(13)17(21)10-11-20-2/h3-12,20H,1-2H3/p+1. The molecule has 3 nitrogen and oxygen atoms in total. The van der Waals surface area contributed by atoms with Gasteiger partial charge in [0.05, 0.1) is 18.1 Å². The predicted octanol–water partition coefficient (Wildman–Crippen LogP) is 3.89. The molecule has 0 saturated carbocycles. The minimum absolute atomic E-state index is 0.0485. The van der Waals surface area contributed by atoms with Gasteiger partial charge >= 0.3 is 0 Å². The first-order valence-corrected chi connectivity index (χ1v) is 8.27. The van der Waals surface area contributed by atoms with Gasteiger partial charge in [-0.15, -0.1) is 11.3 Å². The average molecular weight is 324 g/mol. The highest BCUT2D eigenvalue weighted by atomic mass is 32.1. The quantitative estimate of drug-likeness (QED) is 0.571. The number of para-hydroxylation sites is 1. The number of carbonyl (C=O) groups is 1. The molecule has 0 aliphatic carbocycles. The zero-order valence-corrected chi connectivity index (χ0v) is 13.9. The van der Waals surface area contributed by atoms with Gasteiger partial charge in [0.2, 0.25) is 5.78 Å². The molecule has 4 heteroatoms. The number of hydrogen-bond acceptors (Lipinski definition) is 3. The lowest BCUT2D eigenvalue weighted by molar-refractivity contribution is -0.556. The number of nitrogens with two attached hydrogens (primary N) is 1. The van der Waals surface area contributed by atoms with Crippen molar-refractivity contribution in [3.8, 4) is 11.5 Å². The molecule has 1 aromatic heterocycles. The number of thiophene rings is 1. The van der Waals surface area contributed by atoms with Gasteiger partial charge < -0.3 is 10.1 Å². The van der Waals surface area contributed by atoms with Crippen LogP contribution in [0.5, 0.6) is 11.5 Å². The Hall–Kier alpha value is -2.43. The van der Waals surface area contributed by atoms with E-state index in [2.05, 4.69) is 0 Å². The van der Waals surface area contributed by atoms with E-state index in [1.165, 1.54) is 11.3 Å². The molecule has 0 aliphatic heterocycles. The second-order valence-corrected chi connectivity index (χ2v) is 6.24. The van der Waals surface area contributed by atoms with Crippen molar-refractivity contribution < 1.29 is 14.8 Å². The summed E-state index contributed by atoms with van der Waals surface area (Å²) in [5, 5.41) is 2.92. The fourth-order valence-corrected chi connectivity index (χ4v) is 3.49. The minimum Gasteiger partial charge on any atom is -0.457 e. The fourth-order valence-electron chi connectivity index (χ4n) is 2.38. The molecule has 116 valence electrons. The van der Waals surface area contributed by atoms with Crippen LogP contribution < -0.4 is 10.1 Å². The predicted molar refractivity (Wildman–Crippen MR) is 94.4 cm³/mol. The first-order chi connectivity index (χ1) is 11.2. The summed E-state index contributed by atoms with van der Waals surface area (Å²) in [6.45, 7) is 1.99. The van der Waals surface area contributed by atoms with Gasteiger partial charge in [0, 0.05) is 10.8 Å². The number of fused-ring (bicyclic) bond motifs is 1. The summed E-state index contributed by atoms with van der Waals surface area (Å²) in [4.78, 5) is 13.0. The molecule has 0 bridgehead atoms. The highest BCUT2D eigenvalue weighted by molar-refractivity contribution is 7.21. The second-order valence-electron chi connectivity index (χ2n) is 5.19. The topological polar surface area (TPSA) is 42.9 Å². The molecule has 0 fully saturated rings. The summed E-state index contributed by atoms with van der Waals surface area (Å²) < 4.78 is 6.97. The summed E-state index contributed by atoms with van der Waals surface area (Å²) in [6.07, 6.45) is 3.38. The maximum absolute atomic E-state index is 12.2. The Balaban J connectivity index is 1.95. The molecule has 0 amide bonds. The third kappa shape index (κ3) is 3.33. The van der Waals surface area contributed by atoms with E-state index in [9.17, 15) is 4.79 Å². The molecular weight excluding hydrogens is 306 g/mol. The van der Waals surface area contributed by atoms with Crippen molar-refractivity contribution >= 4 is 27.2 Å². The number of carbonyl (C=O) groups excluding carboxylic acids is 1. The fraction of sp³-hybridized carbons (Fsp3) is 0.105. The maximum Gasteiger partial charge on any atom is 0.201 e. The van der Waals surface area contributed by atoms with E-state index < -0.39 is 0 Å². The molecule has 0 spiro atoms. The van der Waals surface area contributed by atoms with E-state index in [1.54, 1.807) is 12.3 Å². The Kier molecular flexibility index (Phi) is 4.55. The molecule has 0 radical (unpaired) electrons. The molecular formula is C19H18NO2S+. The number of quaternary nitrogens is 1. The van der Waals surface area contributed by atoms with Gasteiger partial charge in [-0.2, -0.15) is 0 Å². The van der Waals surface area contributed by atoms with Crippen LogP contribution in [0, 0.1) is 6.92 Å². The van der Waals surface area contributed by atoms with Crippen LogP contribution >= 0.6 is 11.3 Å². The van der Waals surface area contributed by atoms with E-state index in [1.807, 2.05) is 67.8 Å². The van der Waals surface area contributed by atoms with Gasteiger partial charge in [0.25, 0.3) is 0 Å². The van der Waals surface area contributed by atoms with Crippen molar-refractivity contribution in [3.05, 3.63) is 71.2 Å². The molecule has 3 aromatic rings. The monoisotopic (exact) mass is 324 g/mol. The molecule has 0 atom stereocenters. The largest absolute Gasteiger partial charge is 0.457 e. The number of aryl methyl sites for hydroxylation is 1. The smallest absolute Gasteiger partial charge is 0.201 e. The lowest BCUT2D eigenvalue weighted by atomic mass is 10.1. The molecule has 3 rings (SSSR count). The lowest BCUT2D eigenvalue weighted by Crippen LogP contribution is -2.72. The Morgan fingerprint density at radius 2 is 1.91 bits per heavy atom. The number of ketones is 1. The van der Waals surface area contributed by atoms with Gasteiger partial charge in [-0.3, -0.25) is 4.79 Å². The molecule has 23 heavy (non-hydrogen) atoms. The number of rotatable bonds is 5. The summed E-state index contributed by atoms with van der Waals surface area (Å²) in [7, 11) is 1.90. The zero-order chi connectivity index (χ0) is 16.2. The zero-order valence-electron chi connectivity index (χ0n) is 13.1. The summed E-state index contributed by atoms with van der Waals surface area (Å²) in [5.74, 6) is 1.63. The van der Waals surface area contributed by atoms with Crippen molar-refractivity contribution in [1.29, 1.82) is 0 Å². The van der Waals surface area contributed by atoms with Gasteiger partial charge in [-0.05, 0) is 48.2 Å². The molecule has 0 saturated heterocycles. The van der Waals surface area contributed by atoms with Crippen molar-refractivity contribution in [2.45, 2.75) is 6.92 Å². The number of benzene rings is 2. The first kappa shape index (κ1) is 15.5. The van der Waals surface area contributed by atoms with Gasteiger partial charge in [-0.25, -0.2) is 0 Å². The summed E-state index contributed by atoms with van der Waals surface area (Å²) in [5.41, 5.74) is 1.01. The number of ether oxygens (including phenoxy) is 1. The van der Waals surface area contributed by atoms with Crippen LogP contribution in [0.15, 0.2) is 60.8 Å². The number of hydrogen-bond donors (Lipinski definition) is 1. The van der Waals surface area contributed by atoms with Crippen LogP contribution in [0.25, 0.3) is 10.1 Å². The van der Waals surface area contributed by atoms with Gasteiger partial charge in [0.15, 0.2) is 0 Å². The average Bonchev–Trinajstić information content (AvgIpc) is 2.90. The summed E-state index contributed by atoms with van der Waals surface area (Å²) >= 11 is 1.53. The Morgan fingerprint density at radius 3 is 2.65 bits per heavy atom. The van der Waals surface area contributed by atoms with Crippen LogP contribution in [-0.4, -0.2) is 12.8 Å². The first-order valence-electron chi connectivity index (χ1n) is 7.45. The van der Waals surface area contributed by atoms with E-state index in [4.69, 9.17) is 4.74 Å². The molecule has 0 unspecified atom stereocenters. The minimum atomic E-state index is 0.0485. The number of allylic oxidation sites excluding steroid dienone is 1. The molecule has 0 aliphatic rings. The van der Waals surface area contributed by atoms with Crippen molar-refractivity contribution in [1.82, 2.24) is 0 Å². The highest BCUT2D eigenvalue weighted by Gasteiger charge is 2.14. The van der Waals surface area contributed by atoms with E-state index in [0.29, 0.717) is 0 Å². The van der Waals surface area contributed by atoms with Gasteiger partial charge in [-0.1, -0.05) is 18.2 Å². The van der Waals surface area contributed by atoms with Crippen molar-refractivity contribution in [3.63, 3.8) is 0 Å². The van der Waals surface area contributed by atoms with Crippen LogP contribution in [0.1, 0.15) is 15.2 Å². The van der Waals surface area contributed by atoms with Crippen molar-refractivity contribution in [2.24, 2.45) is 0 Å².